The third-order valence-corrected chi connectivity index (χ3v) is 3.66. The number of rotatable bonds is 4. The molecule has 1 aliphatic carbocycles. The summed E-state index contributed by atoms with van der Waals surface area (Å²) in [4.78, 5) is 11.1. The van der Waals surface area contributed by atoms with Crippen molar-refractivity contribution in [2.45, 2.75) is 59.5 Å². The Morgan fingerprint density at radius 2 is 1.94 bits per heavy atom. The van der Waals surface area contributed by atoms with Crippen LogP contribution in [0.4, 0.5) is 0 Å². The summed E-state index contributed by atoms with van der Waals surface area (Å²) in [5, 5.41) is 12.5. The van der Waals surface area contributed by atoms with Gasteiger partial charge in [0, 0.05) is 6.04 Å². The van der Waals surface area contributed by atoms with Crippen molar-refractivity contribution in [3.63, 3.8) is 0 Å². The van der Waals surface area contributed by atoms with Crippen molar-refractivity contribution in [2.75, 3.05) is 0 Å². The minimum absolute atomic E-state index is 0.133. The van der Waals surface area contributed by atoms with Crippen LogP contribution in [0.15, 0.2) is 0 Å². The van der Waals surface area contributed by atoms with Crippen LogP contribution in [-0.4, -0.2) is 23.2 Å². The Labute approximate surface area is 98.6 Å². The molecule has 0 aromatic rings. The van der Waals surface area contributed by atoms with E-state index in [4.69, 9.17) is 5.11 Å². The van der Waals surface area contributed by atoms with Crippen molar-refractivity contribution in [3.05, 3.63) is 0 Å². The standard InChI is InChI=1S/C13H25NO2/c1-8(2)11(12(15)16)14-10-7-13(4,5)6-9(10)3/h8-11,14H,6-7H2,1-5H3,(H,15,16). The van der Waals surface area contributed by atoms with Crippen LogP contribution >= 0.6 is 0 Å². The maximum absolute atomic E-state index is 11.1. The molecule has 0 aromatic carbocycles. The zero-order chi connectivity index (χ0) is 12.5. The average Bonchev–Trinajstić information content (AvgIpc) is 2.34. The second-order valence-corrected chi connectivity index (χ2v) is 6.38. The maximum Gasteiger partial charge on any atom is 0.320 e. The summed E-state index contributed by atoms with van der Waals surface area (Å²) in [5.41, 5.74) is 0.344. The number of carboxylic acids is 1. The molecule has 16 heavy (non-hydrogen) atoms. The Balaban J connectivity index is 2.63. The van der Waals surface area contributed by atoms with Crippen molar-refractivity contribution in [2.24, 2.45) is 17.3 Å². The minimum atomic E-state index is -0.730. The monoisotopic (exact) mass is 227 g/mol. The first kappa shape index (κ1) is 13.5. The highest BCUT2D eigenvalue weighted by Gasteiger charge is 2.38. The molecule has 0 aromatic heterocycles. The van der Waals surface area contributed by atoms with Crippen molar-refractivity contribution >= 4 is 5.97 Å². The second-order valence-electron chi connectivity index (χ2n) is 6.38. The fourth-order valence-corrected chi connectivity index (χ4v) is 2.90. The summed E-state index contributed by atoms with van der Waals surface area (Å²) < 4.78 is 0. The lowest BCUT2D eigenvalue weighted by molar-refractivity contribution is -0.141. The summed E-state index contributed by atoms with van der Waals surface area (Å²) in [7, 11) is 0. The van der Waals surface area contributed by atoms with Gasteiger partial charge in [0.1, 0.15) is 6.04 Å². The van der Waals surface area contributed by atoms with E-state index in [-0.39, 0.29) is 5.92 Å². The molecule has 94 valence electrons. The fraction of sp³-hybridized carbons (Fsp3) is 0.923. The quantitative estimate of drug-likeness (QED) is 0.776. The first-order chi connectivity index (χ1) is 7.23. The molecule has 0 amide bonds. The van der Waals surface area contributed by atoms with E-state index >= 15 is 0 Å². The molecule has 0 heterocycles. The summed E-state index contributed by atoms with van der Waals surface area (Å²) in [6, 6.07) is -0.0696. The van der Waals surface area contributed by atoms with E-state index in [9.17, 15) is 4.79 Å². The van der Waals surface area contributed by atoms with Crippen LogP contribution in [0.1, 0.15) is 47.5 Å². The molecule has 1 fully saturated rings. The number of hydrogen-bond acceptors (Lipinski definition) is 2. The third kappa shape index (κ3) is 3.21. The molecule has 3 atom stereocenters. The molecule has 2 N–H and O–H groups in total. The highest BCUT2D eigenvalue weighted by molar-refractivity contribution is 5.73. The molecule has 0 saturated heterocycles. The second kappa shape index (κ2) is 4.74. The lowest BCUT2D eigenvalue weighted by Gasteiger charge is -2.25. The van der Waals surface area contributed by atoms with E-state index in [0.29, 0.717) is 17.4 Å². The van der Waals surface area contributed by atoms with Crippen LogP contribution in [0.25, 0.3) is 0 Å². The zero-order valence-corrected chi connectivity index (χ0v) is 11.1. The summed E-state index contributed by atoms with van der Waals surface area (Å²) in [6.07, 6.45) is 2.25. The van der Waals surface area contributed by atoms with Gasteiger partial charge in [0.25, 0.3) is 0 Å². The maximum atomic E-state index is 11.1. The predicted molar refractivity (Wildman–Crippen MR) is 65.4 cm³/mol. The molecule has 0 radical (unpaired) electrons. The number of hydrogen-bond donors (Lipinski definition) is 2. The van der Waals surface area contributed by atoms with Crippen molar-refractivity contribution in [1.82, 2.24) is 5.32 Å². The molecule has 0 bridgehead atoms. The van der Waals surface area contributed by atoms with Crippen LogP contribution in [0.5, 0.6) is 0 Å². The first-order valence-corrected chi connectivity index (χ1v) is 6.22. The van der Waals surface area contributed by atoms with E-state index < -0.39 is 12.0 Å². The molecular formula is C13H25NO2. The van der Waals surface area contributed by atoms with Gasteiger partial charge in [-0.1, -0.05) is 34.6 Å². The van der Waals surface area contributed by atoms with Crippen LogP contribution in [0.3, 0.4) is 0 Å². The highest BCUT2D eigenvalue weighted by Crippen LogP contribution is 2.41. The zero-order valence-electron chi connectivity index (χ0n) is 11.1. The Hall–Kier alpha value is -0.570. The molecule has 3 heteroatoms. The molecule has 1 rings (SSSR count). The summed E-state index contributed by atoms with van der Waals surface area (Å²) in [5.74, 6) is -0.0316. The van der Waals surface area contributed by atoms with E-state index in [1.165, 1.54) is 6.42 Å². The molecule has 0 spiro atoms. The van der Waals surface area contributed by atoms with Crippen molar-refractivity contribution < 1.29 is 9.90 Å². The Bertz CT molecular complexity index is 261. The Morgan fingerprint density at radius 3 is 2.25 bits per heavy atom. The van der Waals surface area contributed by atoms with E-state index in [0.717, 1.165) is 6.42 Å². The molecule has 1 saturated carbocycles. The van der Waals surface area contributed by atoms with Gasteiger partial charge in [0.05, 0.1) is 0 Å². The Morgan fingerprint density at radius 1 is 1.38 bits per heavy atom. The van der Waals surface area contributed by atoms with Gasteiger partial charge in [-0.15, -0.1) is 0 Å². The van der Waals surface area contributed by atoms with Gasteiger partial charge in [0.15, 0.2) is 0 Å². The first-order valence-electron chi connectivity index (χ1n) is 6.22. The fourth-order valence-electron chi connectivity index (χ4n) is 2.90. The molecular weight excluding hydrogens is 202 g/mol. The number of aliphatic carboxylic acids is 1. The number of carbonyl (C=O) groups is 1. The van der Waals surface area contributed by atoms with Gasteiger partial charge in [-0.2, -0.15) is 0 Å². The number of carboxylic acid groups (broad SMARTS) is 1. The van der Waals surface area contributed by atoms with Crippen LogP contribution in [0, 0.1) is 17.3 Å². The van der Waals surface area contributed by atoms with Gasteiger partial charge >= 0.3 is 5.97 Å². The van der Waals surface area contributed by atoms with Crippen LogP contribution in [0.2, 0.25) is 0 Å². The van der Waals surface area contributed by atoms with Gasteiger partial charge in [-0.05, 0) is 30.1 Å². The highest BCUT2D eigenvalue weighted by atomic mass is 16.4. The third-order valence-electron chi connectivity index (χ3n) is 3.66. The molecule has 0 aliphatic heterocycles. The summed E-state index contributed by atoms with van der Waals surface area (Å²) in [6.45, 7) is 10.6. The van der Waals surface area contributed by atoms with Crippen LogP contribution < -0.4 is 5.32 Å². The number of nitrogens with one attached hydrogen (secondary N) is 1. The topological polar surface area (TPSA) is 49.3 Å². The Kier molecular flexibility index (Phi) is 4.00. The van der Waals surface area contributed by atoms with E-state index in [1.54, 1.807) is 0 Å². The van der Waals surface area contributed by atoms with Gasteiger partial charge in [-0.25, -0.2) is 0 Å². The SMILES string of the molecule is CC(C)C(NC1CC(C)(C)CC1C)C(=O)O. The lowest BCUT2D eigenvalue weighted by Crippen LogP contribution is -2.47. The normalized spacial score (nSPS) is 30.6. The molecule has 1 aliphatic rings. The van der Waals surface area contributed by atoms with Crippen molar-refractivity contribution in [3.8, 4) is 0 Å². The average molecular weight is 227 g/mol. The predicted octanol–water partition coefficient (Wildman–Crippen LogP) is 2.51. The summed E-state index contributed by atoms with van der Waals surface area (Å²) >= 11 is 0. The molecule has 3 nitrogen and oxygen atoms in total. The largest absolute Gasteiger partial charge is 0.480 e. The smallest absolute Gasteiger partial charge is 0.320 e. The van der Waals surface area contributed by atoms with Crippen LogP contribution in [-0.2, 0) is 4.79 Å². The van der Waals surface area contributed by atoms with Gasteiger partial charge in [-0.3, -0.25) is 4.79 Å². The lowest BCUT2D eigenvalue weighted by atomic mass is 9.91. The van der Waals surface area contributed by atoms with Gasteiger partial charge < -0.3 is 10.4 Å². The molecule has 3 unspecified atom stereocenters. The van der Waals surface area contributed by atoms with Gasteiger partial charge in [0.2, 0.25) is 0 Å². The van der Waals surface area contributed by atoms with Crippen molar-refractivity contribution in [1.29, 1.82) is 0 Å². The van der Waals surface area contributed by atoms with E-state index in [1.807, 2.05) is 13.8 Å². The minimum Gasteiger partial charge on any atom is -0.480 e. The van der Waals surface area contributed by atoms with E-state index in [2.05, 4.69) is 26.1 Å².